The minimum absolute atomic E-state index is 0.110. The summed E-state index contributed by atoms with van der Waals surface area (Å²) in [5, 5.41) is 2.91. The molecule has 1 amide bonds. The summed E-state index contributed by atoms with van der Waals surface area (Å²) in [6.45, 7) is 4.89. The first kappa shape index (κ1) is 20.4. The summed E-state index contributed by atoms with van der Waals surface area (Å²) >= 11 is 0. The number of amides is 1. The van der Waals surface area contributed by atoms with Gasteiger partial charge in [0.1, 0.15) is 11.5 Å². The zero-order valence-corrected chi connectivity index (χ0v) is 17.0. The maximum absolute atomic E-state index is 12.1. The van der Waals surface area contributed by atoms with Crippen LogP contribution in [0.5, 0.6) is 11.5 Å². The largest absolute Gasteiger partial charge is 0.457 e. The Labute approximate surface area is 173 Å². The van der Waals surface area contributed by atoms with Gasteiger partial charge in [-0.3, -0.25) is 4.79 Å². The summed E-state index contributed by atoms with van der Waals surface area (Å²) in [5.41, 5.74) is 3.36. The first-order valence-corrected chi connectivity index (χ1v) is 9.95. The van der Waals surface area contributed by atoms with Crippen LogP contribution in [-0.2, 0) is 17.8 Å². The van der Waals surface area contributed by atoms with Gasteiger partial charge < -0.3 is 10.1 Å². The van der Waals surface area contributed by atoms with Crippen molar-refractivity contribution in [2.75, 3.05) is 0 Å². The first-order chi connectivity index (χ1) is 14.1. The van der Waals surface area contributed by atoms with E-state index in [1.54, 1.807) is 6.08 Å². The molecule has 0 fully saturated rings. The number of para-hydroxylation sites is 1. The molecule has 0 unspecified atom stereocenters. The van der Waals surface area contributed by atoms with Crippen LogP contribution in [0.25, 0.3) is 6.08 Å². The number of hydrogen-bond acceptors (Lipinski definition) is 2. The SMILES string of the molecule is CC(C)Cc1ccc(/C=C/C(=O)NCc2ccc(Oc3ccccc3)cc2)cc1. The molecule has 0 aromatic heterocycles. The van der Waals surface area contributed by atoms with Crippen molar-refractivity contribution in [3.63, 3.8) is 0 Å². The molecule has 0 saturated heterocycles. The van der Waals surface area contributed by atoms with Crippen molar-refractivity contribution in [1.29, 1.82) is 0 Å². The van der Waals surface area contributed by atoms with Crippen LogP contribution < -0.4 is 10.1 Å². The van der Waals surface area contributed by atoms with Crippen molar-refractivity contribution in [2.45, 2.75) is 26.8 Å². The summed E-state index contributed by atoms with van der Waals surface area (Å²) in [5.74, 6) is 2.10. The molecular formula is C26H27NO2. The van der Waals surface area contributed by atoms with Gasteiger partial charge in [0.05, 0.1) is 0 Å². The van der Waals surface area contributed by atoms with Crippen molar-refractivity contribution in [3.05, 3.63) is 102 Å². The molecule has 0 saturated carbocycles. The fourth-order valence-corrected chi connectivity index (χ4v) is 2.96. The molecule has 3 heteroatoms. The molecular weight excluding hydrogens is 358 g/mol. The Balaban J connectivity index is 1.47. The van der Waals surface area contributed by atoms with E-state index in [-0.39, 0.29) is 5.91 Å². The van der Waals surface area contributed by atoms with Crippen LogP contribution in [0.1, 0.15) is 30.5 Å². The molecule has 0 atom stereocenters. The molecule has 0 heterocycles. The summed E-state index contributed by atoms with van der Waals surface area (Å²) in [4.78, 5) is 12.1. The van der Waals surface area contributed by atoms with Crippen molar-refractivity contribution >= 4 is 12.0 Å². The van der Waals surface area contributed by atoms with Crippen LogP contribution in [0.2, 0.25) is 0 Å². The molecule has 3 aromatic rings. The second-order valence-corrected chi connectivity index (χ2v) is 7.45. The highest BCUT2D eigenvalue weighted by molar-refractivity contribution is 5.91. The van der Waals surface area contributed by atoms with Gasteiger partial charge in [-0.1, -0.05) is 68.4 Å². The van der Waals surface area contributed by atoms with E-state index in [4.69, 9.17) is 4.74 Å². The first-order valence-electron chi connectivity index (χ1n) is 9.95. The number of rotatable bonds is 8. The minimum Gasteiger partial charge on any atom is -0.457 e. The average Bonchev–Trinajstić information content (AvgIpc) is 2.73. The maximum atomic E-state index is 12.1. The normalized spacial score (nSPS) is 11.0. The fraction of sp³-hybridized carbons (Fsp3) is 0.192. The topological polar surface area (TPSA) is 38.3 Å². The average molecular weight is 386 g/mol. The number of carbonyl (C=O) groups excluding carboxylic acids is 1. The highest BCUT2D eigenvalue weighted by Crippen LogP contribution is 2.21. The van der Waals surface area contributed by atoms with Crippen LogP contribution in [0.4, 0.5) is 0 Å². The highest BCUT2D eigenvalue weighted by Gasteiger charge is 2.01. The second-order valence-electron chi connectivity index (χ2n) is 7.45. The van der Waals surface area contributed by atoms with Crippen LogP contribution >= 0.6 is 0 Å². The minimum atomic E-state index is -0.110. The lowest BCUT2D eigenvalue weighted by Gasteiger charge is -2.07. The number of carbonyl (C=O) groups is 1. The predicted octanol–water partition coefficient (Wildman–Crippen LogP) is 6.01. The van der Waals surface area contributed by atoms with Crippen molar-refractivity contribution < 1.29 is 9.53 Å². The molecule has 148 valence electrons. The van der Waals surface area contributed by atoms with Crippen LogP contribution in [0.15, 0.2) is 84.9 Å². The van der Waals surface area contributed by atoms with E-state index in [1.165, 1.54) is 5.56 Å². The third-order valence-electron chi connectivity index (χ3n) is 4.42. The monoisotopic (exact) mass is 385 g/mol. The van der Waals surface area contributed by atoms with Crippen molar-refractivity contribution in [1.82, 2.24) is 5.32 Å². The molecule has 29 heavy (non-hydrogen) atoms. The van der Waals surface area contributed by atoms with Crippen LogP contribution in [0.3, 0.4) is 0 Å². The summed E-state index contributed by atoms with van der Waals surface area (Å²) < 4.78 is 5.78. The van der Waals surface area contributed by atoms with Gasteiger partial charge in [-0.25, -0.2) is 0 Å². The quantitative estimate of drug-likeness (QED) is 0.482. The summed E-state index contributed by atoms with van der Waals surface area (Å²) in [6, 6.07) is 25.7. The standard InChI is InChI=1S/C26H27NO2/c1-20(2)18-22-10-8-21(9-11-22)14-17-26(28)27-19-23-12-15-25(16-13-23)29-24-6-4-3-5-7-24/h3-17,20H,18-19H2,1-2H3,(H,27,28)/b17-14+. The van der Waals surface area contributed by atoms with Crippen LogP contribution in [-0.4, -0.2) is 5.91 Å². The van der Waals surface area contributed by atoms with Crippen molar-refractivity contribution in [2.24, 2.45) is 5.92 Å². The molecule has 0 aliphatic rings. The van der Waals surface area contributed by atoms with Gasteiger partial charge in [0.25, 0.3) is 0 Å². The molecule has 0 aliphatic carbocycles. The van der Waals surface area contributed by atoms with E-state index in [9.17, 15) is 4.79 Å². The highest BCUT2D eigenvalue weighted by atomic mass is 16.5. The van der Waals surface area contributed by atoms with Gasteiger partial charge in [-0.15, -0.1) is 0 Å². The Kier molecular flexibility index (Phi) is 7.23. The second kappa shape index (κ2) is 10.3. The number of hydrogen-bond donors (Lipinski definition) is 1. The van der Waals surface area contributed by atoms with Gasteiger partial charge in [0.15, 0.2) is 0 Å². The van der Waals surface area contributed by atoms with E-state index in [0.717, 1.165) is 29.0 Å². The van der Waals surface area contributed by atoms with E-state index in [0.29, 0.717) is 12.5 Å². The Hall–Kier alpha value is -3.33. The van der Waals surface area contributed by atoms with Crippen molar-refractivity contribution in [3.8, 4) is 11.5 Å². The van der Waals surface area contributed by atoms with Gasteiger partial charge in [0, 0.05) is 12.6 Å². The van der Waals surface area contributed by atoms with E-state index in [1.807, 2.05) is 72.8 Å². The number of nitrogens with one attached hydrogen (secondary N) is 1. The lowest BCUT2D eigenvalue weighted by molar-refractivity contribution is -0.116. The molecule has 3 aromatic carbocycles. The van der Waals surface area contributed by atoms with Gasteiger partial charge in [0.2, 0.25) is 5.91 Å². The van der Waals surface area contributed by atoms with E-state index >= 15 is 0 Å². The van der Waals surface area contributed by atoms with Gasteiger partial charge in [-0.05, 0) is 59.4 Å². The molecule has 1 N–H and O–H groups in total. The predicted molar refractivity (Wildman–Crippen MR) is 119 cm³/mol. The molecule has 0 radical (unpaired) electrons. The Bertz CT molecular complexity index is 927. The number of benzene rings is 3. The Morgan fingerprint density at radius 3 is 2.14 bits per heavy atom. The molecule has 3 nitrogen and oxygen atoms in total. The Morgan fingerprint density at radius 2 is 1.48 bits per heavy atom. The number of ether oxygens (including phenoxy) is 1. The van der Waals surface area contributed by atoms with Gasteiger partial charge in [-0.2, -0.15) is 0 Å². The molecule has 0 bridgehead atoms. The summed E-state index contributed by atoms with van der Waals surface area (Å²) in [6.07, 6.45) is 4.48. The maximum Gasteiger partial charge on any atom is 0.244 e. The van der Waals surface area contributed by atoms with E-state index in [2.05, 4.69) is 31.3 Å². The smallest absolute Gasteiger partial charge is 0.244 e. The molecule has 3 rings (SSSR count). The van der Waals surface area contributed by atoms with Crippen LogP contribution in [0, 0.1) is 5.92 Å². The van der Waals surface area contributed by atoms with E-state index < -0.39 is 0 Å². The Morgan fingerprint density at radius 1 is 0.862 bits per heavy atom. The lowest BCUT2D eigenvalue weighted by Crippen LogP contribution is -2.20. The third-order valence-corrected chi connectivity index (χ3v) is 4.42. The fourth-order valence-electron chi connectivity index (χ4n) is 2.96. The summed E-state index contributed by atoms with van der Waals surface area (Å²) in [7, 11) is 0. The molecule has 0 aliphatic heterocycles. The third kappa shape index (κ3) is 6.96. The van der Waals surface area contributed by atoms with Gasteiger partial charge >= 0.3 is 0 Å². The zero-order valence-electron chi connectivity index (χ0n) is 17.0. The molecule has 0 spiro atoms. The zero-order chi connectivity index (χ0) is 20.5. The lowest BCUT2D eigenvalue weighted by atomic mass is 10.0.